The van der Waals surface area contributed by atoms with Crippen molar-refractivity contribution in [3.05, 3.63) is 29.3 Å². The second kappa shape index (κ2) is 5.32. The lowest BCUT2D eigenvalue weighted by atomic mass is 10.00. The highest BCUT2D eigenvalue weighted by molar-refractivity contribution is 6.00. The highest BCUT2D eigenvalue weighted by Crippen LogP contribution is 2.34. The van der Waals surface area contributed by atoms with Crippen LogP contribution in [0.25, 0.3) is 0 Å². The van der Waals surface area contributed by atoms with Crippen molar-refractivity contribution in [2.45, 2.75) is 25.6 Å². The van der Waals surface area contributed by atoms with E-state index in [2.05, 4.69) is 0 Å². The van der Waals surface area contributed by atoms with Gasteiger partial charge in [0.2, 0.25) is 0 Å². The Morgan fingerprint density at radius 1 is 1.35 bits per heavy atom. The van der Waals surface area contributed by atoms with Crippen molar-refractivity contribution < 1.29 is 18.3 Å². The summed E-state index contributed by atoms with van der Waals surface area (Å²) in [5.74, 6) is -0.452. The lowest BCUT2D eigenvalue weighted by molar-refractivity contribution is -0.137. The predicted molar refractivity (Wildman–Crippen MR) is 72.0 cm³/mol. The molecule has 4 nitrogen and oxygen atoms in total. The smallest absolute Gasteiger partial charge is 0.394 e. The Labute approximate surface area is 115 Å². The predicted octanol–water partition coefficient (Wildman–Crippen LogP) is 2.20. The van der Waals surface area contributed by atoms with E-state index in [1.165, 1.54) is 6.07 Å². The van der Waals surface area contributed by atoms with Gasteiger partial charge in [-0.3, -0.25) is 5.41 Å². The van der Waals surface area contributed by atoms with Crippen LogP contribution < -0.4 is 10.6 Å². The van der Waals surface area contributed by atoms with E-state index in [0.717, 1.165) is 12.1 Å². The van der Waals surface area contributed by atoms with Crippen LogP contribution in [-0.2, 0) is 6.18 Å². The van der Waals surface area contributed by atoms with Crippen molar-refractivity contribution in [2.75, 3.05) is 18.6 Å². The molecule has 0 saturated heterocycles. The van der Waals surface area contributed by atoms with E-state index in [-0.39, 0.29) is 12.2 Å². The Balaban J connectivity index is 3.39. The Bertz CT molecular complexity index is 512. The van der Waals surface area contributed by atoms with Crippen LogP contribution in [0, 0.1) is 5.41 Å². The molecule has 0 heterocycles. The molecule has 4 N–H and O–H groups in total. The molecule has 0 bridgehead atoms. The van der Waals surface area contributed by atoms with E-state index < -0.39 is 23.1 Å². The van der Waals surface area contributed by atoms with E-state index in [9.17, 15) is 18.3 Å². The topological polar surface area (TPSA) is 73.3 Å². The summed E-state index contributed by atoms with van der Waals surface area (Å²) in [6.45, 7) is 3.27. The molecule has 1 aromatic rings. The van der Waals surface area contributed by atoms with Crippen molar-refractivity contribution >= 4 is 11.5 Å². The fraction of sp³-hybridized carbons (Fsp3) is 0.462. The van der Waals surface area contributed by atoms with Crippen LogP contribution in [0.5, 0.6) is 0 Å². The van der Waals surface area contributed by atoms with Crippen LogP contribution in [0.3, 0.4) is 0 Å². The van der Waals surface area contributed by atoms with Gasteiger partial charge in [0.25, 0.3) is 0 Å². The van der Waals surface area contributed by atoms with Crippen molar-refractivity contribution in [3.63, 3.8) is 0 Å². The molecule has 112 valence electrons. The molecule has 0 amide bonds. The molecule has 1 aromatic carbocycles. The van der Waals surface area contributed by atoms with E-state index >= 15 is 0 Å². The van der Waals surface area contributed by atoms with Gasteiger partial charge in [0.05, 0.1) is 17.7 Å². The Morgan fingerprint density at radius 2 is 1.90 bits per heavy atom. The standard InChI is InChI=1S/C13H18F3N3O/c1-12(2,7-20)19(3)10-5-4-8(13(14,15)16)6-9(10)11(17)18/h4-6,20H,7H2,1-3H3,(H3,17,18). The zero-order valence-corrected chi connectivity index (χ0v) is 11.5. The molecule has 0 fully saturated rings. The summed E-state index contributed by atoms with van der Waals surface area (Å²) in [4.78, 5) is 1.60. The van der Waals surface area contributed by atoms with E-state index in [1.807, 2.05) is 0 Å². The molecule has 0 unspecified atom stereocenters. The summed E-state index contributed by atoms with van der Waals surface area (Å²) in [5, 5.41) is 16.8. The fourth-order valence-corrected chi connectivity index (χ4v) is 1.65. The van der Waals surface area contributed by atoms with Gasteiger partial charge < -0.3 is 15.7 Å². The van der Waals surface area contributed by atoms with Crippen LogP contribution in [0.1, 0.15) is 25.0 Å². The number of likely N-dealkylation sites (N-methyl/N-ethyl adjacent to an activating group) is 1. The molecule has 0 saturated carbocycles. The summed E-state index contributed by atoms with van der Waals surface area (Å²) in [6, 6.07) is 3.05. The van der Waals surface area contributed by atoms with Gasteiger partial charge in [-0.05, 0) is 32.0 Å². The normalized spacial score (nSPS) is 12.3. The van der Waals surface area contributed by atoms with Gasteiger partial charge in [0, 0.05) is 18.3 Å². The average Bonchev–Trinajstić information content (AvgIpc) is 2.35. The van der Waals surface area contributed by atoms with Gasteiger partial charge in [-0.1, -0.05) is 0 Å². The molecule has 0 aromatic heterocycles. The number of nitrogens with one attached hydrogen (secondary N) is 1. The second-order valence-corrected chi connectivity index (χ2v) is 5.17. The van der Waals surface area contributed by atoms with Gasteiger partial charge in [-0.15, -0.1) is 0 Å². The number of aliphatic hydroxyl groups excluding tert-OH is 1. The molecule has 0 spiro atoms. The molecule has 0 atom stereocenters. The lowest BCUT2D eigenvalue weighted by Gasteiger charge is -2.37. The number of hydrogen-bond donors (Lipinski definition) is 3. The highest BCUT2D eigenvalue weighted by atomic mass is 19.4. The first-order valence-corrected chi connectivity index (χ1v) is 5.91. The maximum Gasteiger partial charge on any atom is 0.416 e. The third kappa shape index (κ3) is 3.22. The first-order chi connectivity index (χ1) is 9.00. The third-order valence-corrected chi connectivity index (χ3v) is 3.27. The van der Waals surface area contributed by atoms with Crippen molar-refractivity contribution in [1.29, 1.82) is 5.41 Å². The number of halogens is 3. The van der Waals surface area contributed by atoms with E-state index in [0.29, 0.717) is 5.69 Å². The van der Waals surface area contributed by atoms with Crippen LogP contribution in [0.2, 0.25) is 0 Å². The third-order valence-electron chi connectivity index (χ3n) is 3.27. The van der Waals surface area contributed by atoms with E-state index in [4.69, 9.17) is 11.1 Å². The first kappa shape index (κ1) is 16.3. The minimum absolute atomic E-state index is 0.0103. The zero-order chi connectivity index (χ0) is 15.7. The van der Waals surface area contributed by atoms with Crippen LogP contribution in [-0.4, -0.2) is 30.1 Å². The Kier molecular flexibility index (Phi) is 4.33. The molecule has 7 heteroatoms. The monoisotopic (exact) mass is 289 g/mol. The molecule has 0 aliphatic heterocycles. The number of nitrogens with two attached hydrogens (primary N) is 1. The maximum absolute atomic E-state index is 12.7. The lowest BCUT2D eigenvalue weighted by Crippen LogP contribution is -2.45. The summed E-state index contributed by atoms with van der Waals surface area (Å²) < 4.78 is 38.1. The first-order valence-electron chi connectivity index (χ1n) is 5.91. The number of aliphatic hydroxyl groups is 1. The van der Waals surface area contributed by atoms with Gasteiger partial charge in [0.1, 0.15) is 5.84 Å². The van der Waals surface area contributed by atoms with Crippen molar-refractivity contribution in [3.8, 4) is 0 Å². The number of anilines is 1. The number of nitrogen functional groups attached to an aromatic ring is 1. The summed E-state index contributed by atoms with van der Waals surface area (Å²) in [7, 11) is 1.63. The number of rotatable bonds is 4. The molecule has 0 aliphatic rings. The highest BCUT2D eigenvalue weighted by Gasteiger charge is 2.32. The summed E-state index contributed by atoms with van der Waals surface area (Å²) >= 11 is 0. The molecule has 0 aliphatic carbocycles. The van der Waals surface area contributed by atoms with Crippen LogP contribution in [0.4, 0.5) is 18.9 Å². The zero-order valence-electron chi connectivity index (χ0n) is 11.5. The van der Waals surface area contributed by atoms with Gasteiger partial charge in [-0.2, -0.15) is 13.2 Å². The maximum atomic E-state index is 12.7. The quantitative estimate of drug-likeness (QED) is 0.587. The fourth-order valence-electron chi connectivity index (χ4n) is 1.65. The molecule has 0 radical (unpaired) electrons. The van der Waals surface area contributed by atoms with Crippen LogP contribution in [0.15, 0.2) is 18.2 Å². The molecular weight excluding hydrogens is 271 g/mol. The minimum Gasteiger partial charge on any atom is -0.394 e. The number of hydrogen-bond acceptors (Lipinski definition) is 3. The number of amidine groups is 1. The minimum atomic E-state index is -4.49. The number of benzene rings is 1. The van der Waals surface area contributed by atoms with Crippen molar-refractivity contribution in [2.24, 2.45) is 5.73 Å². The number of nitrogens with zero attached hydrogens (tertiary/aromatic N) is 1. The molecule has 20 heavy (non-hydrogen) atoms. The molecule has 1 rings (SSSR count). The van der Waals surface area contributed by atoms with E-state index in [1.54, 1.807) is 25.8 Å². The van der Waals surface area contributed by atoms with Gasteiger partial charge in [-0.25, -0.2) is 0 Å². The van der Waals surface area contributed by atoms with Crippen molar-refractivity contribution in [1.82, 2.24) is 0 Å². The largest absolute Gasteiger partial charge is 0.416 e. The SMILES string of the molecule is CN(c1ccc(C(F)(F)F)cc1C(=N)N)C(C)(C)CO. The molecular formula is C13H18F3N3O. The second-order valence-electron chi connectivity index (χ2n) is 5.17. The van der Waals surface area contributed by atoms with Crippen LogP contribution >= 0.6 is 0 Å². The Morgan fingerprint density at radius 3 is 2.30 bits per heavy atom. The van der Waals surface area contributed by atoms with Gasteiger partial charge >= 0.3 is 6.18 Å². The number of alkyl halides is 3. The average molecular weight is 289 g/mol. The Hall–Kier alpha value is -1.76. The van der Waals surface area contributed by atoms with Gasteiger partial charge in [0.15, 0.2) is 0 Å². The summed E-state index contributed by atoms with van der Waals surface area (Å²) in [5.41, 5.74) is 4.18. The summed E-state index contributed by atoms with van der Waals surface area (Å²) in [6.07, 6.45) is -4.49.